The number of benzene rings is 1. The second-order valence-corrected chi connectivity index (χ2v) is 5.70. The van der Waals surface area contributed by atoms with E-state index in [0.717, 1.165) is 35.9 Å². The molecule has 19 heavy (non-hydrogen) atoms. The summed E-state index contributed by atoms with van der Waals surface area (Å²) in [5.41, 5.74) is 0. The van der Waals surface area contributed by atoms with Crippen molar-refractivity contribution in [3.05, 3.63) is 28.7 Å². The second-order valence-electron chi connectivity index (χ2n) is 4.78. The van der Waals surface area contributed by atoms with Crippen molar-refractivity contribution in [1.82, 2.24) is 5.32 Å². The van der Waals surface area contributed by atoms with Gasteiger partial charge >= 0.3 is 5.97 Å². The van der Waals surface area contributed by atoms with Crippen molar-refractivity contribution in [2.75, 3.05) is 6.61 Å². The van der Waals surface area contributed by atoms with Crippen molar-refractivity contribution in [1.29, 1.82) is 0 Å². The Labute approximate surface area is 121 Å². The maximum absolute atomic E-state index is 10.9. The van der Waals surface area contributed by atoms with Crippen molar-refractivity contribution >= 4 is 21.9 Å². The Morgan fingerprint density at radius 2 is 2.32 bits per heavy atom. The Balaban J connectivity index is 1.75. The van der Waals surface area contributed by atoms with Crippen LogP contribution in [0, 0.1) is 0 Å². The first-order valence-corrected chi connectivity index (χ1v) is 7.31. The molecular formula is C14H18BrNO3. The Kier molecular flexibility index (Phi) is 5.22. The van der Waals surface area contributed by atoms with Crippen LogP contribution in [-0.2, 0) is 4.79 Å². The largest absolute Gasteiger partial charge is 0.493 e. The second kappa shape index (κ2) is 6.91. The van der Waals surface area contributed by atoms with E-state index >= 15 is 0 Å². The molecule has 5 heteroatoms. The minimum absolute atomic E-state index is 0.238. The molecule has 2 atom stereocenters. The van der Waals surface area contributed by atoms with Crippen molar-refractivity contribution in [2.45, 2.75) is 37.8 Å². The number of carbonyl (C=O) groups is 1. The molecule has 2 rings (SSSR count). The van der Waals surface area contributed by atoms with Crippen LogP contribution < -0.4 is 10.1 Å². The van der Waals surface area contributed by atoms with Crippen LogP contribution in [-0.4, -0.2) is 29.8 Å². The summed E-state index contributed by atoms with van der Waals surface area (Å²) in [5, 5.41) is 12.2. The highest BCUT2D eigenvalue weighted by molar-refractivity contribution is 9.10. The minimum atomic E-state index is -0.752. The van der Waals surface area contributed by atoms with Gasteiger partial charge in [0.1, 0.15) is 11.8 Å². The van der Waals surface area contributed by atoms with Crippen molar-refractivity contribution in [2.24, 2.45) is 0 Å². The van der Waals surface area contributed by atoms with Gasteiger partial charge in [-0.3, -0.25) is 4.79 Å². The quantitative estimate of drug-likeness (QED) is 0.873. The maximum Gasteiger partial charge on any atom is 0.320 e. The molecule has 2 unspecified atom stereocenters. The molecule has 1 heterocycles. The number of carboxylic acids is 1. The van der Waals surface area contributed by atoms with E-state index in [0.29, 0.717) is 6.61 Å². The van der Waals surface area contributed by atoms with Gasteiger partial charge in [-0.2, -0.15) is 0 Å². The Morgan fingerprint density at radius 1 is 1.47 bits per heavy atom. The minimum Gasteiger partial charge on any atom is -0.493 e. The maximum atomic E-state index is 10.9. The summed E-state index contributed by atoms with van der Waals surface area (Å²) in [7, 11) is 0. The third-order valence-corrected chi connectivity index (χ3v) is 3.80. The standard InChI is InChI=1S/C14H18BrNO3/c15-10-3-1-5-12(9-10)19-8-7-11-4-2-6-13(16-11)14(17)18/h1,3,5,9,11,13,16H,2,4,6-8H2,(H,17,18). The molecule has 1 fully saturated rings. The normalized spacial score (nSPS) is 23.0. The van der Waals surface area contributed by atoms with Crippen LogP contribution in [0.3, 0.4) is 0 Å². The summed E-state index contributed by atoms with van der Waals surface area (Å²) >= 11 is 3.40. The monoisotopic (exact) mass is 327 g/mol. The molecule has 104 valence electrons. The Bertz CT molecular complexity index is 438. The Morgan fingerprint density at radius 3 is 3.05 bits per heavy atom. The van der Waals surface area contributed by atoms with Crippen LogP contribution in [0.25, 0.3) is 0 Å². The fourth-order valence-electron chi connectivity index (χ4n) is 2.32. The fourth-order valence-corrected chi connectivity index (χ4v) is 2.70. The average Bonchev–Trinajstić information content (AvgIpc) is 2.39. The third-order valence-electron chi connectivity index (χ3n) is 3.31. The number of aliphatic carboxylic acids is 1. The van der Waals surface area contributed by atoms with Crippen LogP contribution >= 0.6 is 15.9 Å². The van der Waals surface area contributed by atoms with Gasteiger partial charge in [-0.15, -0.1) is 0 Å². The summed E-state index contributed by atoms with van der Waals surface area (Å²) in [6.07, 6.45) is 3.53. The van der Waals surface area contributed by atoms with Crippen LogP contribution in [0.4, 0.5) is 0 Å². The van der Waals surface area contributed by atoms with Crippen LogP contribution in [0.5, 0.6) is 5.75 Å². The van der Waals surface area contributed by atoms with Gasteiger partial charge in [-0.25, -0.2) is 0 Å². The number of carboxylic acid groups (broad SMARTS) is 1. The number of piperidine rings is 1. The van der Waals surface area contributed by atoms with E-state index in [1.807, 2.05) is 24.3 Å². The van der Waals surface area contributed by atoms with Gasteiger partial charge in [-0.05, 0) is 43.9 Å². The van der Waals surface area contributed by atoms with Crippen molar-refractivity contribution < 1.29 is 14.6 Å². The lowest BCUT2D eigenvalue weighted by Gasteiger charge is -2.28. The number of halogens is 1. The molecule has 0 spiro atoms. The zero-order chi connectivity index (χ0) is 13.7. The van der Waals surface area contributed by atoms with Gasteiger partial charge in [0.15, 0.2) is 0 Å². The summed E-state index contributed by atoms with van der Waals surface area (Å²) in [6, 6.07) is 7.56. The number of hydrogen-bond donors (Lipinski definition) is 2. The molecule has 0 bridgehead atoms. The lowest BCUT2D eigenvalue weighted by molar-refractivity contribution is -0.140. The van der Waals surface area contributed by atoms with E-state index in [9.17, 15) is 4.79 Å². The smallest absolute Gasteiger partial charge is 0.320 e. The van der Waals surface area contributed by atoms with Crippen LogP contribution in [0.15, 0.2) is 28.7 Å². The highest BCUT2D eigenvalue weighted by Gasteiger charge is 2.25. The van der Waals surface area contributed by atoms with E-state index in [1.165, 1.54) is 0 Å². The molecule has 0 aliphatic carbocycles. The Hall–Kier alpha value is -1.07. The predicted molar refractivity (Wildman–Crippen MR) is 76.5 cm³/mol. The molecule has 2 N–H and O–H groups in total. The lowest BCUT2D eigenvalue weighted by atomic mass is 9.97. The first-order chi connectivity index (χ1) is 9.15. The molecule has 4 nitrogen and oxygen atoms in total. The van der Waals surface area contributed by atoms with E-state index < -0.39 is 12.0 Å². The topological polar surface area (TPSA) is 58.6 Å². The average molecular weight is 328 g/mol. The number of ether oxygens (including phenoxy) is 1. The first-order valence-electron chi connectivity index (χ1n) is 6.52. The highest BCUT2D eigenvalue weighted by Crippen LogP contribution is 2.19. The van der Waals surface area contributed by atoms with Gasteiger partial charge in [0.2, 0.25) is 0 Å². The molecule has 1 aliphatic heterocycles. The molecule has 0 radical (unpaired) electrons. The first kappa shape index (κ1) is 14.3. The van der Waals surface area contributed by atoms with Gasteiger partial charge in [0.05, 0.1) is 6.61 Å². The fraction of sp³-hybridized carbons (Fsp3) is 0.500. The van der Waals surface area contributed by atoms with Gasteiger partial charge in [0.25, 0.3) is 0 Å². The zero-order valence-corrected chi connectivity index (χ0v) is 12.2. The van der Waals surface area contributed by atoms with E-state index in [1.54, 1.807) is 0 Å². The molecule has 1 aliphatic rings. The predicted octanol–water partition coefficient (Wildman–Crippen LogP) is 2.81. The summed E-state index contributed by atoms with van der Waals surface area (Å²) in [5.74, 6) is 0.0811. The number of hydrogen-bond acceptors (Lipinski definition) is 3. The molecule has 1 aromatic rings. The molecule has 0 amide bonds. The van der Waals surface area contributed by atoms with Gasteiger partial charge in [-0.1, -0.05) is 22.0 Å². The zero-order valence-electron chi connectivity index (χ0n) is 10.6. The molecular weight excluding hydrogens is 310 g/mol. The number of rotatable bonds is 5. The molecule has 1 aromatic carbocycles. The van der Waals surface area contributed by atoms with Gasteiger partial charge in [0, 0.05) is 10.5 Å². The third kappa shape index (κ3) is 4.51. The van der Waals surface area contributed by atoms with E-state index in [-0.39, 0.29) is 6.04 Å². The van der Waals surface area contributed by atoms with Crippen molar-refractivity contribution in [3.8, 4) is 5.75 Å². The summed E-state index contributed by atoms with van der Waals surface area (Å²) in [4.78, 5) is 10.9. The number of nitrogens with one attached hydrogen (secondary N) is 1. The van der Waals surface area contributed by atoms with E-state index in [4.69, 9.17) is 9.84 Å². The molecule has 0 aromatic heterocycles. The lowest BCUT2D eigenvalue weighted by Crippen LogP contribution is -2.47. The summed E-state index contributed by atoms with van der Waals surface area (Å²) in [6.45, 7) is 0.598. The van der Waals surface area contributed by atoms with Gasteiger partial charge < -0.3 is 15.2 Å². The van der Waals surface area contributed by atoms with E-state index in [2.05, 4.69) is 21.2 Å². The highest BCUT2D eigenvalue weighted by atomic mass is 79.9. The van der Waals surface area contributed by atoms with Crippen LogP contribution in [0.2, 0.25) is 0 Å². The molecule has 0 saturated carbocycles. The SMILES string of the molecule is O=C(O)C1CCCC(CCOc2cccc(Br)c2)N1. The molecule has 1 saturated heterocycles. The summed E-state index contributed by atoms with van der Waals surface area (Å²) < 4.78 is 6.66. The van der Waals surface area contributed by atoms with Crippen molar-refractivity contribution in [3.63, 3.8) is 0 Å². The van der Waals surface area contributed by atoms with Crippen LogP contribution in [0.1, 0.15) is 25.7 Å².